The predicted molar refractivity (Wildman–Crippen MR) is 79.9 cm³/mol. The number of hydrogen-bond donors (Lipinski definition) is 1. The molecule has 8 heteroatoms. The molecule has 1 unspecified atom stereocenters. The smallest absolute Gasteiger partial charge is 0.262 e. The molecule has 2 aromatic heterocycles. The maximum atomic E-state index is 12.0. The van der Waals surface area contributed by atoms with E-state index in [0.717, 1.165) is 5.56 Å². The van der Waals surface area contributed by atoms with E-state index < -0.39 is 5.92 Å². The van der Waals surface area contributed by atoms with Crippen LogP contribution in [0.3, 0.4) is 0 Å². The highest BCUT2D eigenvalue weighted by atomic mass is 32.1. The molecule has 3 heterocycles. The van der Waals surface area contributed by atoms with Gasteiger partial charge in [0, 0.05) is 6.21 Å². The van der Waals surface area contributed by atoms with Crippen LogP contribution in [-0.2, 0) is 11.3 Å². The Bertz CT molecular complexity index is 775. The van der Waals surface area contributed by atoms with Gasteiger partial charge in [-0.15, -0.1) is 11.3 Å². The summed E-state index contributed by atoms with van der Waals surface area (Å²) < 4.78 is 5.05. The molecule has 2 aromatic rings. The van der Waals surface area contributed by atoms with Crippen molar-refractivity contribution >= 4 is 29.4 Å². The molecule has 7 nitrogen and oxygen atoms in total. The van der Waals surface area contributed by atoms with Crippen LogP contribution < -0.4 is 5.32 Å². The second-order valence-electron chi connectivity index (χ2n) is 4.64. The molecule has 112 valence electrons. The average molecular weight is 316 g/mol. The number of allylic oxidation sites excluding steroid dienone is 1. The van der Waals surface area contributed by atoms with E-state index in [1.165, 1.54) is 17.6 Å². The molecule has 1 N–H and O–H groups in total. The fraction of sp³-hybridized carbons (Fsp3) is 0.214. The Hall–Kier alpha value is -2.61. The van der Waals surface area contributed by atoms with E-state index in [1.807, 2.05) is 18.4 Å². The highest BCUT2D eigenvalue weighted by molar-refractivity contribution is 7.12. The largest absolute Gasteiger partial charge is 0.342 e. The van der Waals surface area contributed by atoms with Gasteiger partial charge in [0.05, 0.1) is 11.4 Å². The summed E-state index contributed by atoms with van der Waals surface area (Å²) in [5, 5.41) is 8.34. The van der Waals surface area contributed by atoms with Gasteiger partial charge in [-0.1, -0.05) is 11.2 Å². The second kappa shape index (κ2) is 6.02. The van der Waals surface area contributed by atoms with Crippen molar-refractivity contribution in [2.24, 2.45) is 4.99 Å². The predicted octanol–water partition coefficient (Wildman–Crippen LogP) is 1.62. The van der Waals surface area contributed by atoms with Gasteiger partial charge in [-0.2, -0.15) is 4.98 Å². The zero-order valence-corrected chi connectivity index (χ0v) is 12.5. The van der Waals surface area contributed by atoms with Crippen LogP contribution in [-0.4, -0.2) is 28.2 Å². The molecule has 2 amide bonds. The number of hydrogen-bond acceptors (Lipinski definition) is 6. The van der Waals surface area contributed by atoms with E-state index in [-0.39, 0.29) is 30.1 Å². The molecule has 0 aromatic carbocycles. The number of nitrogens with one attached hydrogen (secondary N) is 1. The quantitative estimate of drug-likeness (QED) is 0.924. The molecule has 1 aliphatic rings. The molecule has 3 rings (SSSR count). The Kier molecular flexibility index (Phi) is 3.92. The van der Waals surface area contributed by atoms with Crippen molar-refractivity contribution in [3.05, 3.63) is 45.8 Å². The highest BCUT2D eigenvalue weighted by Gasteiger charge is 2.24. The number of aliphatic imine (C=N–C) groups is 1. The van der Waals surface area contributed by atoms with Crippen LogP contribution in [0.15, 0.2) is 33.1 Å². The first-order valence-corrected chi connectivity index (χ1v) is 7.42. The SMILES string of the molecule is Cc1ccsc1C(=O)NCc1nc(C2C=CC=NC2=O)no1. The topological polar surface area (TPSA) is 97.5 Å². The molecule has 0 saturated carbocycles. The van der Waals surface area contributed by atoms with E-state index >= 15 is 0 Å². The Morgan fingerprint density at radius 3 is 3.09 bits per heavy atom. The summed E-state index contributed by atoms with van der Waals surface area (Å²) in [4.78, 5) is 32.1. The molecule has 0 saturated heterocycles. The molecule has 1 aliphatic heterocycles. The first-order valence-electron chi connectivity index (χ1n) is 6.54. The lowest BCUT2D eigenvalue weighted by Gasteiger charge is -2.04. The monoisotopic (exact) mass is 316 g/mol. The molecular weight excluding hydrogens is 304 g/mol. The van der Waals surface area contributed by atoms with Crippen molar-refractivity contribution < 1.29 is 14.1 Å². The van der Waals surface area contributed by atoms with Crippen LogP contribution in [0.1, 0.15) is 32.9 Å². The number of amides is 2. The normalized spacial score (nSPS) is 17.0. The maximum absolute atomic E-state index is 12.0. The Balaban J connectivity index is 1.64. The number of nitrogens with zero attached hydrogens (tertiary/aromatic N) is 3. The van der Waals surface area contributed by atoms with Gasteiger partial charge in [0.15, 0.2) is 5.82 Å². The molecule has 0 spiro atoms. The van der Waals surface area contributed by atoms with Crippen LogP contribution in [0.25, 0.3) is 0 Å². The fourth-order valence-corrected chi connectivity index (χ4v) is 2.79. The number of aryl methyl sites for hydroxylation is 1. The van der Waals surface area contributed by atoms with Crippen molar-refractivity contribution in [1.82, 2.24) is 15.5 Å². The van der Waals surface area contributed by atoms with Crippen molar-refractivity contribution in [3.8, 4) is 0 Å². The second-order valence-corrected chi connectivity index (χ2v) is 5.56. The fourth-order valence-electron chi connectivity index (χ4n) is 1.94. The molecule has 1 atom stereocenters. The van der Waals surface area contributed by atoms with Crippen molar-refractivity contribution in [2.75, 3.05) is 0 Å². The van der Waals surface area contributed by atoms with Gasteiger partial charge in [0.2, 0.25) is 5.89 Å². The Morgan fingerprint density at radius 2 is 2.36 bits per heavy atom. The Labute approximate surface area is 129 Å². The lowest BCUT2D eigenvalue weighted by atomic mass is 10.1. The van der Waals surface area contributed by atoms with Crippen LogP contribution in [0.4, 0.5) is 0 Å². The van der Waals surface area contributed by atoms with Crippen molar-refractivity contribution in [1.29, 1.82) is 0 Å². The number of dihydropyridines is 1. The minimum Gasteiger partial charge on any atom is -0.342 e. The number of rotatable bonds is 4. The van der Waals surface area contributed by atoms with E-state index in [9.17, 15) is 9.59 Å². The first kappa shape index (κ1) is 14.3. The molecule has 0 bridgehead atoms. The third-order valence-electron chi connectivity index (χ3n) is 3.09. The molecular formula is C14H12N4O3S. The lowest BCUT2D eigenvalue weighted by molar-refractivity contribution is -0.118. The summed E-state index contributed by atoms with van der Waals surface area (Å²) in [6, 6.07) is 1.88. The van der Waals surface area contributed by atoms with E-state index in [4.69, 9.17) is 4.52 Å². The van der Waals surface area contributed by atoms with Gasteiger partial charge in [-0.25, -0.2) is 4.99 Å². The number of carbonyl (C=O) groups is 2. The van der Waals surface area contributed by atoms with Crippen LogP contribution in [0, 0.1) is 6.92 Å². The van der Waals surface area contributed by atoms with Gasteiger partial charge < -0.3 is 9.84 Å². The van der Waals surface area contributed by atoms with E-state index in [2.05, 4.69) is 20.4 Å². The van der Waals surface area contributed by atoms with Gasteiger partial charge in [-0.3, -0.25) is 9.59 Å². The summed E-state index contributed by atoms with van der Waals surface area (Å²) in [7, 11) is 0. The van der Waals surface area contributed by atoms with Crippen LogP contribution >= 0.6 is 11.3 Å². The summed E-state index contributed by atoms with van der Waals surface area (Å²) in [5.41, 5.74) is 0.921. The van der Waals surface area contributed by atoms with Gasteiger partial charge in [-0.05, 0) is 30.0 Å². The summed E-state index contributed by atoms with van der Waals surface area (Å²) in [6.07, 6.45) is 4.73. The summed E-state index contributed by atoms with van der Waals surface area (Å²) in [5.74, 6) is -0.667. The summed E-state index contributed by atoms with van der Waals surface area (Å²) in [6.45, 7) is 1.98. The van der Waals surface area contributed by atoms with Gasteiger partial charge in [0.1, 0.15) is 5.92 Å². The lowest BCUT2D eigenvalue weighted by Crippen LogP contribution is -2.22. The standard InChI is InChI=1S/C14H12N4O3S/c1-8-4-6-22-11(8)14(20)16-7-10-17-12(18-21-10)9-3-2-5-15-13(9)19/h2-6,9H,7H2,1H3,(H,16,20). The molecule has 0 radical (unpaired) electrons. The molecule has 22 heavy (non-hydrogen) atoms. The number of carbonyl (C=O) groups excluding carboxylic acids is 2. The maximum Gasteiger partial charge on any atom is 0.262 e. The minimum atomic E-state index is -0.627. The zero-order chi connectivity index (χ0) is 15.5. The zero-order valence-electron chi connectivity index (χ0n) is 11.6. The third-order valence-corrected chi connectivity index (χ3v) is 4.10. The number of thiophene rings is 1. The van der Waals surface area contributed by atoms with E-state index in [1.54, 1.807) is 12.2 Å². The number of aromatic nitrogens is 2. The first-order chi connectivity index (χ1) is 10.6. The average Bonchev–Trinajstić information content (AvgIpc) is 3.14. The summed E-state index contributed by atoms with van der Waals surface area (Å²) >= 11 is 1.37. The highest BCUT2D eigenvalue weighted by Crippen LogP contribution is 2.18. The van der Waals surface area contributed by atoms with Crippen molar-refractivity contribution in [3.63, 3.8) is 0 Å². The van der Waals surface area contributed by atoms with Gasteiger partial charge in [0.25, 0.3) is 11.8 Å². The van der Waals surface area contributed by atoms with E-state index in [0.29, 0.717) is 4.88 Å². The van der Waals surface area contributed by atoms with Gasteiger partial charge >= 0.3 is 0 Å². The minimum absolute atomic E-state index is 0.108. The molecule has 0 aliphatic carbocycles. The van der Waals surface area contributed by atoms with Crippen LogP contribution in [0.5, 0.6) is 0 Å². The Morgan fingerprint density at radius 1 is 1.50 bits per heavy atom. The molecule has 0 fully saturated rings. The van der Waals surface area contributed by atoms with Crippen molar-refractivity contribution in [2.45, 2.75) is 19.4 Å². The third kappa shape index (κ3) is 2.86. The van der Waals surface area contributed by atoms with Crippen LogP contribution in [0.2, 0.25) is 0 Å².